The van der Waals surface area contributed by atoms with Crippen molar-refractivity contribution in [3.8, 4) is 0 Å². The summed E-state index contributed by atoms with van der Waals surface area (Å²) in [6.45, 7) is 2.13. The molecular formula is C11H18O3. The Labute approximate surface area is 85.1 Å². The summed E-state index contributed by atoms with van der Waals surface area (Å²) in [5, 5.41) is 0. The lowest BCUT2D eigenvalue weighted by Gasteiger charge is -2.18. The Hall–Kier alpha value is -0.990. The molecule has 0 aromatic heterocycles. The number of rotatable bonds is 1. The fourth-order valence-corrected chi connectivity index (χ4v) is 1.63. The summed E-state index contributed by atoms with van der Waals surface area (Å²) in [5.41, 5.74) is 1.39. The Morgan fingerprint density at radius 1 is 1.50 bits per heavy atom. The van der Waals surface area contributed by atoms with E-state index in [1.165, 1.54) is 12.7 Å². The van der Waals surface area contributed by atoms with Gasteiger partial charge >= 0.3 is 6.16 Å². The zero-order valence-corrected chi connectivity index (χ0v) is 8.91. The molecular weight excluding hydrogens is 180 g/mol. The van der Waals surface area contributed by atoms with E-state index in [-0.39, 0.29) is 6.10 Å². The van der Waals surface area contributed by atoms with Gasteiger partial charge in [0.2, 0.25) is 0 Å². The number of hydrogen-bond donors (Lipinski definition) is 0. The summed E-state index contributed by atoms with van der Waals surface area (Å²) in [6, 6.07) is 0. The van der Waals surface area contributed by atoms with E-state index in [1.807, 2.05) is 0 Å². The predicted octanol–water partition coefficient (Wildman–Crippen LogP) is 3.05. The lowest BCUT2D eigenvalue weighted by atomic mass is 9.99. The molecule has 0 aromatic carbocycles. The van der Waals surface area contributed by atoms with E-state index >= 15 is 0 Å². The molecule has 1 rings (SSSR count). The van der Waals surface area contributed by atoms with E-state index in [0.717, 1.165) is 32.1 Å². The van der Waals surface area contributed by atoms with Crippen LogP contribution in [0.15, 0.2) is 11.6 Å². The van der Waals surface area contributed by atoms with Gasteiger partial charge in [0.25, 0.3) is 0 Å². The summed E-state index contributed by atoms with van der Waals surface area (Å²) in [5.74, 6) is 0. The van der Waals surface area contributed by atoms with Gasteiger partial charge in [-0.2, -0.15) is 0 Å². The Kier molecular flexibility index (Phi) is 4.50. The van der Waals surface area contributed by atoms with E-state index in [0.29, 0.717) is 0 Å². The second-order valence-electron chi connectivity index (χ2n) is 3.71. The number of ether oxygens (including phenoxy) is 2. The average Bonchev–Trinajstić information content (AvgIpc) is 2.16. The Morgan fingerprint density at radius 3 is 3.00 bits per heavy atom. The van der Waals surface area contributed by atoms with Crippen molar-refractivity contribution >= 4 is 6.16 Å². The highest BCUT2D eigenvalue weighted by atomic mass is 16.7. The predicted molar refractivity (Wildman–Crippen MR) is 54.1 cm³/mol. The molecule has 80 valence electrons. The molecule has 0 saturated heterocycles. The van der Waals surface area contributed by atoms with Crippen LogP contribution in [0, 0.1) is 0 Å². The van der Waals surface area contributed by atoms with Crippen molar-refractivity contribution < 1.29 is 14.3 Å². The standard InChI is InChI=1S/C11H18O3/c1-9-5-3-4-6-10(8-7-9)14-11(12)13-2/h5,10H,3-4,6-8H2,1-2H3/b9-5-. The van der Waals surface area contributed by atoms with E-state index in [9.17, 15) is 4.79 Å². The molecule has 0 N–H and O–H groups in total. The van der Waals surface area contributed by atoms with Crippen molar-refractivity contribution in [3.05, 3.63) is 11.6 Å². The van der Waals surface area contributed by atoms with Crippen LogP contribution in [0.25, 0.3) is 0 Å². The number of carbonyl (C=O) groups is 1. The first-order valence-corrected chi connectivity index (χ1v) is 5.12. The van der Waals surface area contributed by atoms with E-state index < -0.39 is 6.16 Å². The highest BCUT2D eigenvalue weighted by Gasteiger charge is 2.15. The third kappa shape index (κ3) is 3.81. The first-order valence-electron chi connectivity index (χ1n) is 5.12. The average molecular weight is 198 g/mol. The molecule has 1 atom stereocenters. The van der Waals surface area contributed by atoms with Gasteiger partial charge in [-0.15, -0.1) is 0 Å². The molecule has 0 amide bonds. The topological polar surface area (TPSA) is 35.5 Å². The van der Waals surface area contributed by atoms with Crippen molar-refractivity contribution in [1.29, 1.82) is 0 Å². The summed E-state index contributed by atoms with van der Waals surface area (Å²) in [7, 11) is 1.34. The third-order valence-corrected chi connectivity index (χ3v) is 2.51. The molecule has 1 aliphatic carbocycles. The number of allylic oxidation sites excluding steroid dienone is 2. The van der Waals surface area contributed by atoms with Crippen molar-refractivity contribution in [1.82, 2.24) is 0 Å². The van der Waals surface area contributed by atoms with Gasteiger partial charge in [0.1, 0.15) is 6.10 Å². The van der Waals surface area contributed by atoms with Crippen molar-refractivity contribution in [2.45, 2.75) is 45.1 Å². The second-order valence-corrected chi connectivity index (χ2v) is 3.71. The van der Waals surface area contributed by atoms with Crippen LogP contribution < -0.4 is 0 Å². The summed E-state index contributed by atoms with van der Waals surface area (Å²) in [4.78, 5) is 10.9. The van der Waals surface area contributed by atoms with Gasteiger partial charge in [-0.3, -0.25) is 0 Å². The fraction of sp³-hybridized carbons (Fsp3) is 0.727. The van der Waals surface area contributed by atoms with Gasteiger partial charge in [0.05, 0.1) is 7.11 Å². The maximum atomic E-state index is 10.9. The molecule has 0 radical (unpaired) electrons. The maximum Gasteiger partial charge on any atom is 0.508 e. The monoisotopic (exact) mass is 198 g/mol. The number of hydrogen-bond acceptors (Lipinski definition) is 3. The van der Waals surface area contributed by atoms with Gasteiger partial charge in [0.15, 0.2) is 0 Å². The van der Waals surface area contributed by atoms with Crippen LogP contribution in [0.5, 0.6) is 0 Å². The Bertz CT molecular complexity index is 221. The number of methoxy groups -OCH3 is 1. The van der Waals surface area contributed by atoms with Crippen LogP contribution in [0.4, 0.5) is 4.79 Å². The van der Waals surface area contributed by atoms with Gasteiger partial charge in [-0.05, 0) is 39.0 Å². The SMILES string of the molecule is COC(=O)OC1CCC/C=C(/C)CC1. The van der Waals surface area contributed by atoms with Crippen LogP contribution in [0.2, 0.25) is 0 Å². The normalized spacial score (nSPS) is 26.7. The molecule has 3 heteroatoms. The minimum Gasteiger partial charge on any atom is -0.438 e. The minimum atomic E-state index is -0.558. The first-order chi connectivity index (χ1) is 6.72. The van der Waals surface area contributed by atoms with Gasteiger partial charge in [-0.1, -0.05) is 11.6 Å². The van der Waals surface area contributed by atoms with Crippen molar-refractivity contribution in [3.63, 3.8) is 0 Å². The second kappa shape index (κ2) is 5.68. The quantitative estimate of drug-likeness (QED) is 0.480. The minimum absolute atomic E-state index is 0.0334. The van der Waals surface area contributed by atoms with E-state index in [4.69, 9.17) is 4.74 Å². The van der Waals surface area contributed by atoms with Crippen LogP contribution in [-0.4, -0.2) is 19.4 Å². The Balaban J connectivity index is 2.39. The van der Waals surface area contributed by atoms with E-state index in [1.54, 1.807) is 0 Å². The first kappa shape index (κ1) is 11.1. The zero-order valence-electron chi connectivity index (χ0n) is 8.91. The van der Waals surface area contributed by atoms with Gasteiger partial charge in [0, 0.05) is 0 Å². The largest absolute Gasteiger partial charge is 0.508 e. The van der Waals surface area contributed by atoms with Crippen LogP contribution in [-0.2, 0) is 9.47 Å². The van der Waals surface area contributed by atoms with Crippen molar-refractivity contribution in [2.75, 3.05) is 7.11 Å². The lowest BCUT2D eigenvalue weighted by molar-refractivity contribution is 0.0297. The molecule has 1 aliphatic rings. The molecule has 0 aliphatic heterocycles. The maximum absolute atomic E-state index is 10.9. The van der Waals surface area contributed by atoms with Crippen molar-refractivity contribution in [2.24, 2.45) is 0 Å². The fourth-order valence-electron chi connectivity index (χ4n) is 1.63. The smallest absolute Gasteiger partial charge is 0.438 e. The molecule has 0 bridgehead atoms. The van der Waals surface area contributed by atoms with Crippen LogP contribution >= 0.6 is 0 Å². The third-order valence-electron chi connectivity index (χ3n) is 2.51. The molecule has 0 spiro atoms. The summed E-state index contributed by atoms with van der Waals surface area (Å²) in [6.07, 6.45) is 6.79. The molecule has 1 unspecified atom stereocenters. The Morgan fingerprint density at radius 2 is 2.29 bits per heavy atom. The molecule has 3 nitrogen and oxygen atoms in total. The number of carbonyl (C=O) groups excluding carboxylic acids is 1. The van der Waals surface area contributed by atoms with Crippen LogP contribution in [0.1, 0.15) is 39.0 Å². The lowest BCUT2D eigenvalue weighted by Crippen LogP contribution is -2.19. The highest BCUT2D eigenvalue weighted by molar-refractivity contribution is 5.59. The van der Waals surface area contributed by atoms with Gasteiger partial charge < -0.3 is 9.47 Å². The molecule has 0 fully saturated rings. The summed E-state index contributed by atoms with van der Waals surface area (Å²) >= 11 is 0. The summed E-state index contributed by atoms with van der Waals surface area (Å²) < 4.78 is 9.61. The van der Waals surface area contributed by atoms with Crippen LogP contribution in [0.3, 0.4) is 0 Å². The zero-order chi connectivity index (χ0) is 10.4. The molecule has 14 heavy (non-hydrogen) atoms. The molecule has 0 heterocycles. The molecule has 0 aromatic rings. The van der Waals surface area contributed by atoms with Gasteiger partial charge in [-0.25, -0.2) is 4.79 Å². The highest BCUT2D eigenvalue weighted by Crippen LogP contribution is 2.19. The van der Waals surface area contributed by atoms with E-state index in [2.05, 4.69) is 17.7 Å². The molecule has 0 saturated carbocycles.